The zero-order valence-corrected chi connectivity index (χ0v) is 15.9. The van der Waals surface area contributed by atoms with Crippen molar-refractivity contribution in [3.8, 4) is 0 Å². The van der Waals surface area contributed by atoms with Crippen molar-refractivity contribution in [3.05, 3.63) is 34.9 Å². The van der Waals surface area contributed by atoms with E-state index in [2.05, 4.69) is 5.32 Å². The lowest BCUT2D eigenvalue weighted by atomic mass is 9.85. The molecule has 138 valence electrons. The van der Waals surface area contributed by atoms with Crippen LogP contribution < -0.4 is 5.32 Å². The van der Waals surface area contributed by atoms with Crippen molar-refractivity contribution in [3.63, 3.8) is 0 Å². The monoisotopic (exact) mass is 384 g/mol. The van der Waals surface area contributed by atoms with Gasteiger partial charge in [0.2, 0.25) is 5.91 Å². The molecule has 4 rings (SSSR count). The van der Waals surface area contributed by atoms with E-state index in [1.807, 2.05) is 29.2 Å². The minimum absolute atomic E-state index is 0. The van der Waals surface area contributed by atoms with E-state index in [-0.39, 0.29) is 30.5 Å². The molecule has 3 aliphatic rings. The molecule has 4 unspecified atom stereocenters. The minimum atomic E-state index is -0.125. The van der Waals surface area contributed by atoms with E-state index < -0.39 is 0 Å². The van der Waals surface area contributed by atoms with E-state index in [1.165, 1.54) is 25.7 Å². The molecule has 3 fully saturated rings. The van der Waals surface area contributed by atoms with Crippen molar-refractivity contribution in [2.24, 2.45) is 5.92 Å². The van der Waals surface area contributed by atoms with Gasteiger partial charge in [0, 0.05) is 23.2 Å². The van der Waals surface area contributed by atoms with E-state index in [9.17, 15) is 4.79 Å². The zero-order chi connectivity index (χ0) is 16.5. The molecule has 2 heterocycles. The maximum Gasteiger partial charge on any atom is 0.239 e. The predicted molar refractivity (Wildman–Crippen MR) is 101 cm³/mol. The molecule has 2 aliphatic heterocycles. The second-order valence-corrected chi connectivity index (χ2v) is 7.68. The molecule has 25 heavy (non-hydrogen) atoms. The third-order valence-electron chi connectivity index (χ3n) is 5.79. The number of benzene rings is 1. The number of ether oxygens (including phenoxy) is 1. The lowest BCUT2D eigenvalue weighted by molar-refractivity contribution is -0.141. The molecule has 0 aromatic heterocycles. The van der Waals surface area contributed by atoms with E-state index in [1.54, 1.807) is 0 Å². The van der Waals surface area contributed by atoms with Gasteiger partial charge in [0.25, 0.3) is 0 Å². The number of hydrogen-bond donors (Lipinski definition) is 1. The number of nitrogens with zero attached hydrogens (tertiary/aromatic N) is 1. The number of rotatable bonds is 2. The summed E-state index contributed by atoms with van der Waals surface area (Å²) < 4.78 is 5.88. The smallest absolute Gasteiger partial charge is 0.239 e. The van der Waals surface area contributed by atoms with Crippen LogP contribution in [0.25, 0.3) is 0 Å². The van der Waals surface area contributed by atoms with Crippen molar-refractivity contribution in [2.45, 2.75) is 50.3 Å². The van der Waals surface area contributed by atoms with E-state index in [4.69, 9.17) is 16.3 Å². The number of halogens is 2. The fraction of sp³-hybridized carbons (Fsp3) is 0.632. The summed E-state index contributed by atoms with van der Waals surface area (Å²) in [5, 5.41) is 4.31. The average Bonchev–Trinajstić information content (AvgIpc) is 3.06. The predicted octanol–water partition coefficient (Wildman–Crippen LogP) is 3.58. The molecule has 0 bridgehead atoms. The van der Waals surface area contributed by atoms with Gasteiger partial charge in [-0.1, -0.05) is 42.6 Å². The molecule has 1 saturated carbocycles. The third-order valence-corrected chi connectivity index (χ3v) is 6.14. The van der Waals surface area contributed by atoms with Crippen molar-refractivity contribution in [1.82, 2.24) is 10.2 Å². The largest absolute Gasteiger partial charge is 0.370 e. The van der Waals surface area contributed by atoms with Gasteiger partial charge in [-0.05, 0) is 31.2 Å². The molecule has 1 N–H and O–H groups in total. The summed E-state index contributed by atoms with van der Waals surface area (Å²) in [6.45, 7) is 1.84. The highest BCUT2D eigenvalue weighted by Crippen LogP contribution is 2.34. The van der Waals surface area contributed by atoms with Gasteiger partial charge < -0.3 is 15.0 Å². The topological polar surface area (TPSA) is 41.6 Å². The molecule has 6 heteroatoms. The molecule has 4 nitrogen and oxygen atoms in total. The highest BCUT2D eigenvalue weighted by Gasteiger charge is 2.40. The number of nitrogens with one attached hydrogen (secondary N) is 1. The Kier molecular flexibility index (Phi) is 6.26. The number of morpholine rings is 1. The van der Waals surface area contributed by atoms with Gasteiger partial charge in [-0.15, -0.1) is 12.4 Å². The first kappa shape index (κ1) is 19.0. The first-order valence-electron chi connectivity index (χ1n) is 9.13. The normalized spacial score (nSPS) is 32.0. The number of carbonyl (C=O) groups excluding carboxylic acids is 1. The van der Waals surface area contributed by atoms with Gasteiger partial charge >= 0.3 is 0 Å². The van der Waals surface area contributed by atoms with E-state index in [0.717, 1.165) is 12.0 Å². The van der Waals surface area contributed by atoms with Crippen molar-refractivity contribution in [2.75, 3.05) is 19.7 Å². The molecule has 0 radical (unpaired) electrons. The third kappa shape index (κ3) is 3.97. The van der Waals surface area contributed by atoms with Crippen LogP contribution in [0.15, 0.2) is 24.3 Å². The molecule has 2 saturated heterocycles. The van der Waals surface area contributed by atoms with Gasteiger partial charge in [0.1, 0.15) is 6.10 Å². The summed E-state index contributed by atoms with van der Waals surface area (Å²) in [5.74, 6) is 0.929. The van der Waals surface area contributed by atoms with Crippen molar-refractivity contribution in [1.29, 1.82) is 0 Å². The van der Waals surface area contributed by atoms with Gasteiger partial charge in [-0.3, -0.25) is 4.79 Å². The van der Waals surface area contributed by atoms with Crippen LogP contribution in [-0.2, 0) is 9.53 Å². The van der Waals surface area contributed by atoms with Crippen LogP contribution in [-0.4, -0.2) is 42.6 Å². The van der Waals surface area contributed by atoms with E-state index >= 15 is 0 Å². The Bertz CT molecular complexity index is 599. The average molecular weight is 385 g/mol. The summed E-state index contributed by atoms with van der Waals surface area (Å²) in [6, 6.07) is 8.29. The molecule has 1 aliphatic carbocycles. The van der Waals surface area contributed by atoms with Crippen LogP contribution in [0, 0.1) is 5.92 Å². The zero-order valence-electron chi connectivity index (χ0n) is 14.3. The summed E-state index contributed by atoms with van der Waals surface area (Å²) in [5.41, 5.74) is 0.977. The number of amides is 1. The van der Waals surface area contributed by atoms with Crippen LogP contribution in [0.5, 0.6) is 0 Å². The molecule has 1 amide bonds. The molecule has 4 atom stereocenters. The first-order valence-corrected chi connectivity index (χ1v) is 9.51. The molecular weight excluding hydrogens is 359 g/mol. The first-order chi connectivity index (χ1) is 11.7. The molecular formula is C19H26Cl2N2O2. The maximum absolute atomic E-state index is 13.0. The summed E-state index contributed by atoms with van der Waals surface area (Å²) in [7, 11) is 0. The van der Waals surface area contributed by atoms with Crippen LogP contribution in [0.4, 0.5) is 0 Å². The maximum atomic E-state index is 13.0. The van der Waals surface area contributed by atoms with Crippen molar-refractivity contribution < 1.29 is 9.53 Å². The fourth-order valence-corrected chi connectivity index (χ4v) is 4.76. The quantitative estimate of drug-likeness (QED) is 0.846. The number of carbonyl (C=O) groups is 1. The SMILES string of the molecule is Cl.O=C(C1CC2CCCCC2N1)N1CCOC(c2ccccc2Cl)C1. The van der Waals surface area contributed by atoms with Crippen LogP contribution >= 0.6 is 24.0 Å². The van der Waals surface area contributed by atoms with Gasteiger partial charge in [-0.2, -0.15) is 0 Å². The standard InChI is InChI=1S/C19H25ClN2O2.ClH/c20-15-7-3-2-6-14(15)18-12-22(9-10-24-18)19(23)17-11-13-5-1-4-8-16(13)21-17;/h2-3,6-7,13,16-18,21H,1,4-5,8-12H2;1H. The Morgan fingerprint density at radius 2 is 2.04 bits per heavy atom. The lowest BCUT2D eigenvalue weighted by Crippen LogP contribution is -2.50. The minimum Gasteiger partial charge on any atom is -0.370 e. The second-order valence-electron chi connectivity index (χ2n) is 7.27. The van der Waals surface area contributed by atoms with E-state index in [0.29, 0.717) is 36.7 Å². The van der Waals surface area contributed by atoms with Crippen LogP contribution in [0.1, 0.15) is 43.8 Å². The van der Waals surface area contributed by atoms with Crippen LogP contribution in [0.3, 0.4) is 0 Å². The number of hydrogen-bond acceptors (Lipinski definition) is 3. The molecule has 1 aromatic carbocycles. The Morgan fingerprint density at radius 3 is 2.84 bits per heavy atom. The Labute approximate surface area is 160 Å². The summed E-state index contributed by atoms with van der Waals surface area (Å²) in [6.07, 6.45) is 5.97. The summed E-state index contributed by atoms with van der Waals surface area (Å²) >= 11 is 6.30. The summed E-state index contributed by atoms with van der Waals surface area (Å²) in [4.78, 5) is 14.9. The highest BCUT2D eigenvalue weighted by molar-refractivity contribution is 6.31. The number of fused-ring (bicyclic) bond motifs is 1. The highest BCUT2D eigenvalue weighted by atomic mass is 35.5. The second kappa shape index (κ2) is 8.26. The Morgan fingerprint density at radius 1 is 1.24 bits per heavy atom. The fourth-order valence-electron chi connectivity index (χ4n) is 4.50. The van der Waals surface area contributed by atoms with Gasteiger partial charge in [0.15, 0.2) is 0 Å². The molecule has 0 spiro atoms. The Hall–Kier alpha value is -0.810. The van der Waals surface area contributed by atoms with Crippen LogP contribution in [0.2, 0.25) is 5.02 Å². The van der Waals surface area contributed by atoms with Gasteiger partial charge in [0.05, 0.1) is 19.2 Å². The Balaban J connectivity index is 0.00000182. The van der Waals surface area contributed by atoms with Crippen molar-refractivity contribution >= 4 is 29.9 Å². The molecule has 1 aromatic rings. The van der Waals surface area contributed by atoms with Gasteiger partial charge in [-0.25, -0.2) is 0 Å². The lowest BCUT2D eigenvalue weighted by Gasteiger charge is -2.35.